The van der Waals surface area contributed by atoms with E-state index in [9.17, 15) is 4.79 Å². The van der Waals surface area contributed by atoms with Crippen LogP contribution in [0.1, 0.15) is 49.0 Å². The molecule has 1 N–H and O–H groups in total. The zero-order chi connectivity index (χ0) is 16.8. The van der Waals surface area contributed by atoms with Crippen molar-refractivity contribution in [2.24, 2.45) is 5.92 Å². The van der Waals surface area contributed by atoms with Gasteiger partial charge in [-0.15, -0.1) is 10.2 Å². The third kappa shape index (κ3) is 4.44. The second-order valence-corrected chi connectivity index (χ2v) is 7.02. The van der Waals surface area contributed by atoms with Gasteiger partial charge in [0.15, 0.2) is 11.5 Å². The quantitative estimate of drug-likeness (QED) is 0.913. The van der Waals surface area contributed by atoms with Crippen molar-refractivity contribution in [1.29, 1.82) is 0 Å². The Morgan fingerprint density at radius 1 is 1.12 bits per heavy atom. The zero-order valence-electron chi connectivity index (χ0n) is 14.7. The highest BCUT2D eigenvalue weighted by Crippen LogP contribution is 2.23. The minimum atomic E-state index is -0.188. The number of carbonyl (C=O) groups excluding carboxylic acids is 1. The summed E-state index contributed by atoms with van der Waals surface area (Å²) in [6.45, 7) is 5.81. The van der Waals surface area contributed by atoms with Gasteiger partial charge in [-0.3, -0.25) is 4.79 Å². The maximum absolute atomic E-state index is 11.6. The van der Waals surface area contributed by atoms with Crippen LogP contribution < -0.4 is 10.2 Å². The third-order valence-electron chi connectivity index (χ3n) is 5.17. The predicted octanol–water partition coefficient (Wildman–Crippen LogP) is 1.93. The smallest absolute Gasteiger partial charge is 0.271 e. The summed E-state index contributed by atoms with van der Waals surface area (Å²) in [6.07, 6.45) is 7.99. The van der Waals surface area contributed by atoms with Crippen molar-refractivity contribution in [2.75, 3.05) is 44.7 Å². The number of piperidine rings is 1. The topological polar surface area (TPSA) is 61.4 Å². The summed E-state index contributed by atoms with van der Waals surface area (Å²) in [7, 11) is 1.61. The van der Waals surface area contributed by atoms with Crippen LogP contribution >= 0.6 is 0 Å². The average Bonchev–Trinajstić information content (AvgIpc) is 2.90. The maximum atomic E-state index is 11.6. The van der Waals surface area contributed by atoms with Crippen LogP contribution in [0.5, 0.6) is 0 Å². The molecule has 0 aliphatic carbocycles. The first-order chi connectivity index (χ1) is 11.8. The Labute approximate surface area is 144 Å². The molecular formula is C18H29N5O. The highest BCUT2D eigenvalue weighted by atomic mass is 16.1. The molecule has 132 valence electrons. The Balaban J connectivity index is 1.57. The van der Waals surface area contributed by atoms with E-state index in [0.29, 0.717) is 11.6 Å². The standard InChI is InChI=1S/C18H29N5O/c1-19-18(24)16-8-9-17(21-20-16)23-12-6-7-15(14-23)13-22-10-4-2-3-5-11-22/h8-9,15H,2-7,10-14H2,1H3,(H,19,24). The summed E-state index contributed by atoms with van der Waals surface area (Å²) in [5.41, 5.74) is 0.374. The van der Waals surface area contributed by atoms with Crippen molar-refractivity contribution in [1.82, 2.24) is 20.4 Å². The molecule has 0 bridgehead atoms. The van der Waals surface area contributed by atoms with Crippen LogP contribution in [-0.4, -0.2) is 60.8 Å². The number of hydrogen-bond acceptors (Lipinski definition) is 5. The van der Waals surface area contributed by atoms with Crippen molar-refractivity contribution < 1.29 is 4.79 Å². The lowest BCUT2D eigenvalue weighted by molar-refractivity contribution is 0.0957. The first-order valence-corrected chi connectivity index (χ1v) is 9.29. The molecule has 0 saturated carbocycles. The van der Waals surface area contributed by atoms with Gasteiger partial charge in [-0.05, 0) is 56.8 Å². The molecule has 3 rings (SSSR count). The fraction of sp³-hybridized carbons (Fsp3) is 0.722. The SMILES string of the molecule is CNC(=O)c1ccc(N2CCCC(CN3CCCCCC3)C2)nn1. The molecule has 2 aliphatic rings. The molecule has 2 saturated heterocycles. The summed E-state index contributed by atoms with van der Waals surface area (Å²) in [6, 6.07) is 3.69. The Hall–Kier alpha value is -1.69. The van der Waals surface area contributed by atoms with Gasteiger partial charge in [-0.2, -0.15) is 0 Å². The molecule has 1 aromatic heterocycles. The van der Waals surface area contributed by atoms with Crippen LogP contribution in [0.25, 0.3) is 0 Å². The van der Waals surface area contributed by atoms with E-state index in [0.717, 1.165) is 18.9 Å². The van der Waals surface area contributed by atoms with Gasteiger partial charge in [0, 0.05) is 26.7 Å². The van der Waals surface area contributed by atoms with Gasteiger partial charge in [0.1, 0.15) is 0 Å². The number of hydrogen-bond donors (Lipinski definition) is 1. The zero-order valence-corrected chi connectivity index (χ0v) is 14.7. The van der Waals surface area contributed by atoms with E-state index < -0.39 is 0 Å². The molecule has 6 heteroatoms. The van der Waals surface area contributed by atoms with Gasteiger partial charge in [-0.1, -0.05) is 12.8 Å². The number of rotatable bonds is 4. The number of nitrogens with one attached hydrogen (secondary N) is 1. The summed E-state index contributed by atoms with van der Waals surface area (Å²) in [5.74, 6) is 1.41. The summed E-state index contributed by atoms with van der Waals surface area (Å²) in [4.78, 5) is 16.6. The van der Waals surface area contributed by atoms with Gasteiger partial charge in [-0.25, -0.2) is 0 Å². The second-order valence-electron chi connectivity index (χ2n) is 7.02. The molecule has 1 amide bonds. The Morgan fingerprint density at radius 3 is 2.58 bits per heavy atom. The summed E-state index contributed by atoms with van der Waals surface area (Å²) >= 11 is 0. The molecule has 24 heavy (non-hydrogen) atoms. The highest BCUT2D eigenvalue weighted by Gasteiger charge is 2.23. The molecular weight excluding hydrogens is 302 g/mol. The minimum absolute atomic E-state index is 0.188. The first kappa shape index (κ1) is 17.1. The van der Waals surface area contributed by atoms with Gasteiger partial charge in [0.05, 0.1) is 0 Å². The minimum Gasteiger partial charge on any atom is -0.355 e. The van der Waals surface area contributed by atoms with Gasteiger partial charge in [0.2, 0.25) is 0 Å². The van der Waals surface area contributed by atoms with Crippen molar-refractivity contribution >= 4 is 11.7 Å². The molecule has 2 aliphatic heterocycles. The van der Waals surface area contributed by atoms with E-state index >= 15 is 0 Å². The van der Waals surface area contributed by atoms with Crippen molar-refractivity contribution in [3.8, 4) is 0 Å². The largest absolute Gasteiger partial charge is 0.355 e. The van der Waals surface area contributed by atoms with Crippen LogP contribution in [0, 0.1) is 5.92 Å². The predicted molar refractivity (Wildman–Crippen MR) is 95.3 cm³/mol. The lowest BCUT2D eigenvalue weighted by Crippen LogP contribution is -2.41. The molecule has 0 aromatic carbocycles. The lowest BCUT2D eigenvalue weighted by Gasteiger charge is -2.36. The van der Waals surface area contributed by atoms with E-state index in [1.54, 1.807) is 13.1 Å². The number of likely N-dealkylation sites (tertiary alicyclic amines) is 1. The third-order valence-corrected chi connectivity index (χ3v) is 5.17. The number of amides is 1. The summed E-state index contributed by atoms with van der Waals surface area (Å²) < 4.78 is 0. The highest BCUT2D eigenvalue weighted by molar-refractivity contribution is 5.91. The van der Waals surface area contributed by atoms with Gasteiger partial charge in [0.25, 0.3) is 5.91 Å². The van der Waals surface area contributed by atoms with E-state index in [2.05, 4.69) is 25.3 Å². The number of aromatic nitrogens is 2. The first-order valence-electron chi connectivity index (χ1n) is 9.29. The van der Waals surface area contributed by atoms with Crippen molar-refractivity contribution in [3.05, 3.63) is 17.8 Å². The molecule has 2 fully saturated rings. The molecule has 0 radical (unpaired) electrons. The van der Waals surface area contributed by atoms with Crippen molar-refractivity contribution in [2.45, 2.75) is 38.5 Å². The van der Waals surface area contributed by atoms with E-state index in [1.165, 1.54) is 58.2 Å². The Morgan fingerprint density at radius 2 is 1.92 bits per heavy atom. The van der Waals surface area contributed by atoms with Crippen LogP contribution in [0.15, 0.2) is 12.1 Å². The maximum Gasteiger partial charge on any atom is 0.271 e. The van der Waals surface area contributed by atoms with Crippen LogP contribution in [0.4, 0.5) is 5.82 Å². The Kier molecular flexibility index (Phi) is 6.01. The fourth-order valence-corrected chi connectivity index (χ4v) is 3.85. The Bertz CT molecular complexity index is 525. The van der Waals surface area contributed by atoms with E-state index in [1.807, 2.05) is 6.07 Å². The molecule has 0 spiro atoms. The fourth-order valence-electron chi connectivity index (χ4n) is 3.85. The van der Waals surface area contributed by atoms with Crippen LogP contribution in [0.2, 0.25) is 0 Å². The number of anilines is 1. The number of nitrogens with zero attached hydrogens (tertiary/aromatic N) is 4. The average molecular weight is 331 g/mol. The van der Waals surface area contributed by atoms with Crippen molar-refractivity contribution in [3.63, 3.8) is 0 Å². The lowest BCUT2D eigenvalue weighted by atomic mass is 9.97. The molecule has 1 atom stereocenters. The van der Waals surface area contributed by atoms with Gasteiger partial charge >= 0.3 is 0 Å². The number of carbonyl (C=O) groups is 1. The van der Waals surface area contributed by atoms with Crippen LogP contribution in [-0.2, 0) is 0 Å². The molecule has 1 aromatic rings. The molecule has 1 unspecified atom stereocenters. The van der Waals surface area contributed by atoms with E-state index in [4.69, 9.17) is 0 Å². The summed E-state index contributed by atoms with van der Waals surface area (Å²) in [5, 5.41) is 10.9. The van der Waals surface area contributed by atoms with E-state index in [-0.39, 0.29) is 5.91 Å². The monoisotopic (exact) mass is 331 g/mol. The van der Waals surface area contributed by atoms with Crippen LogP contribution in [0.3, 0.4) is 0 Å². The normalized spacial score (nSPS) is 22.9. The van der Waals surface area contributed by atoms with Gasteiger partial charge < -0.3 is 15.1 Å². The molecule has 3 heterocycles. The second kappa shape index (κ2) is 8.42. The molecule has 6 nitrogen and oxygen atoms in total.